The number of rotatable bonds is 3. The van der Waals surface area contributed by atoms with Gasteiger partial charge < -0.3 is 0 Å². The van der Waals surface area contributed by atoms with E-state index in [4.69, 9.17) is 0 Å². The summed E-state index contributed by atoms with van der Waals surface area (Å²) in [6.07, 6.45) is 0.397. The monoisotopic (exact) mass is 408 g/mol. The lowest BCUT2D eigenvalue weighted by Gasteiger charge is -2.06. The molecule has 0 amide bonds. The molecule has 0 unspecified atom stereocenters. The molecule has 0 bridgehead atoms. The van der Waals surface area contributed by atoms with Gasteiger partial charge in [-0.3, -0.25) is 9.59 Å². The lowest BCUT2D eigenvalue weighted by atomic mass is 10.0. The van der Waals surface area contributed by atoms with Crippen LogP contribution in [-0.4, -0.2) is 14.0 Å². The van der Waals surface area contributed by atoms with Crippen molar-refractivity contribution in [2.75, 3.05) is 0 Å². The van der Waals surface area contributed by atoms with Crippen molar-refractivity contribution in [1.82, 2.24) is 10.2 Å². The highest BCUT2D eigenvalue weighted by Gasteiger charge is 2.12. The Balaban J connectivity index is 2.08. The normalized spacial score (nSPS) is 10.8. The van der Waals surface area contributed by atoms with E-state index in [0.29, 0.717) is 17.5 Å². The van der Waals surface area contributed by atoms with Crippen molar-refractivity contribution < 1.29 is 9.18 Å². The number of fused-ring (bicyclic) bond motifs is 1. The van der Waals surface area contributed by atoms with E-state index in [1.807, 2.05) is 12.1 Å². The van der Waals surface area contributed by atoms with Gasteiger partial charge in [0.05, 0.1) is 16.6 Å². The third-order valence-electron chi connectivity index (χ3n) is 3.39. The molecule has 0 saturated heterocycles. The van der Waals surface area contributed by atoms with Crippen LogP contribution in [0, 0.1) is 5.82 Å². The summed E-state index contributed by atoms with van der Waals surface area (Å²) < 4.78 is 13.2. The number of aromatic nitrogens is 2. The van der Waals surface area contributed by atoms with Crippen molar-refractivity contribution in [3.05, 3.63) is 75.5 Å². The fourth-order valence-corrected chi connectivity index (χ4v) is 2.75. The van der Waals surface area contributed by atoms with E-state index >= 15 is 0 Å². The summed E-state index contributed by atoms with van der Waals surface area (Å²) in [5.74, 6) is -0.539. The summed E-state index contributed by atoms with van der Waals surface area (Å²) in [4.78, 5) is 23.2. The van der Waals surface area contributed by atoms with Gasteiger partial charge in [-0.05, 0) is 23.8 Å². The fraction of sp³-hybridized carbons (Fsp3) is 0.0625. The third kappa shape index (κ3) is 2.78. The molecule has 0 radical (unpaired) electrons. The summed E-state index contributed by atoms with van der Waals surface area (Å²) in [7, 11) is 0. The summed E-state index contributed by atoms with van der Waals surface area (Å²) in [5.41, 5.74) is 1.23. The maximum absolute atomic E-state index is 13.6. The number of nitrogens with one attached hydrogen (secondary N) is 1. The van der Waals surface area contributed by atoms with Crippen LogP contribution < -0.4 is 5.56 Å². The minimum atomic E-state index is -0.539. The van der Waals surface area contributed by atoms with Crippen molar-refractivity contribution in [2.24, 2.45) is 0 Å². The van der Waals surface area contributed by atoms with Crippen molar-refractivity contribution in [3.63, 3.8) is 0 Å². The highest BCUT2D eigenvalue weighted by atomic mass is 127. The average Bonchev–Trinajstić information content (AvgIpc) is 2.52. The average molecular weight is 408 g/mol. The number of carbonyl (C=O) groups is 1. The molecule has 110 valence electrons. The van der Waals surface area contributed by atoms with E-state index in [2.05, 4.69) is 10.2 Å². The molecule has 3 rings (SSSR count). The molecule has 4 nitrogen and oxygen atoms in total. The van der Waals surface area contributed by atoms with Crippen LogP contribution in [0.4, 0.5) is 4.39 Å². The number of nitrogens with zero attached hydrogens (tertiary/aromatic N) is 1. The minimum absolute atomic E-state index is 0.0480. The Kier molecular flexibility index (Phi) is 4.02. The molecule has 1 heterocycles. The molecule has 0 aliphatic rings. The van der Waals surface area contributed by atoms with Crippen molar-refractivity contribution in [2.45, 2.75) is 6.42 Å². The number of benzene rings is 2. The lowest BCUT2D eigenvalue weighted by molar-refractivity contribution is 0.110. The molecule has 0 saturated carbocycles. The lowest BCUT2D eigenvalue weighted by Crippen LogP contribution is -2.11. The first-order chi connectivity index (χ1) is 10.6. The predicted octanol–water partition coefficient (Wildman–Crippen LogP) is 3.23. The topological polar surface area (TPSA) is 62.8 Å². The van der Waals surface area contributed by atoms with Gasteiger partial charge in [-0.1, -0.05) is 24.3 Å². The molecule has 22 heavy (non-hydrogen) atoms. The number of H-pyrrole nitrogens is 1. The van der Waals surface area contributed by atoms with E-state index in [0.717, 1.165) is 10.9 Å². The minimum Gasteiger partial charge on any atom is -0.282 e. The smallest absolute Gasteiger partial charge is 0.272 e. The largest absolute Gasteiger partial charge is 0.282 e. The zero-order valence-corrected chi connectivity index (χ0v) is 13.4. The van der Waals surface area contributed by atoms with Crippen LogP contribution in [0.15, 0.2) is 47.3 Å². The Morgan fingerprint density at radius 2 is 1.91 bits per heavy atom. The Hall–Kier alpha value is -2.09. The number of halogens is 2. The quantitative estimate of drug-likeness (QED) is 0.535. The Bertz CT molecular complexity index is 937. The van der Waals surface area contributed by atoms with Gasteiger partial charge in [0.25, 0.3) is 5.56 Å². The van der Waals surface area contributed by atoms with Crippen LogP contribution >= 0.6 is 22.6 Å². The van der Waals surface area contributed by atoms with E-state index in [-0.39, 0.29) is 14.9 Å². The SMILES string of the molecule is O=C(I)c1cc(Cc2n[nH]c(=O)c3ccccc23)ccc1F. The predicted molar refractivity (Wildman–Crippen MR) is 89.9 cm³/mol. The van der Waals surface area contributed by atoms with Gasteiger partial charge >= 0.3 is 0 Å². The van der Waals surface area contributed by atoms with Crippen molar-refractivity contribution in [3.8, 4) is 0 Å². The zero-order valence-electron chi connectivity index (χ0n) is 11.3. The molecular formula is C16H10FIN2O2. The first kappa shape index (κ1) is 14.8. The summed E-state index contributed by atoms with van der Waals surface area (Å²) in [5, 5.41) is 7.85. The maximum Gasteiger partial charge on any atom is 0.272 e. The van der Waals surface area contributed by atoms with Crippen LogP contribution in [0.5, 0.6) is 0 Å². The maximum atomic E-state index is 13.6. The van der Waals surface area contributed by atoms with Gasteiger partial charge in [0, 0.05) is 34.4 Å². The standard InChI is InChI=1S/C16H10FIN2O2/c17-13-6-5-9(7-12(13)15(18)21)8-14-10-3-1-2-4-11(10)16(22)20-19-14/h1-7H,8H2,(H,20,22). The zero-order chi connectivity index (χ0) is 15.7. The molecule has 6 heteroatoms. The molecule has 2 aromatic carbocycles. The first-order valence-electron chi connectivity index (χ1n) is 6.51. The fourth-order valence-electron chi connectivity index (χ4n) is 2.33. The second kappa shape index (κ2) is 5.96. The van der Waals surface area contributed by atoms with Crippen LogP contribution in [0.25, 0.3) is 10.8 Å². The van der Waals surface area contributed by atoms with E-state index in [1.165, 1.54) is 12.1 Å². The Morgan fingerprint density at radius 1 is 1.18 bits per heavy atom. The molecular weight excluding hydrogens is 398 g/mol. The van der Waals surface area contributed by atoms with Crippen LogP contribution in [-0.2, 0) is 6.42 Å². The Morgan fingerprint density at radius 3 is 2.64 bits per heavy atom. The third-order valence-corrected chi connectivity index (χ3v) is 3.97. The van der Waals surface area contributed by atoms with E-state index in [1.54, 1.807) is 40.8 Å². The van der Waals surface area contributed by atoms with E-state index < -0.39 is 5.82 Å². The van der Waals surface area contributed by atoms with Gasteiger partial charge in [-0.25, -0.2) is 9.49 Å². The van der Waals surface area contributed by atoms with Gasteiger partial charge in [0.15, 0.2) is 0 Å². The van der Waals surface area contributed by atoms with Crippen LogP contribution in [0.2, 0.25) is 0 Å². The Labute approximate surface area is 138 Å². The summed E-state index contributed by atoms with van der Waals surface area (Å²) >= 11 is 1.56. The summed E-state index contributed by atoms with van der Waals surface area (Å²) in [6, 6.07) is 11.6. The first-order valence-corrected chi connectivity index (χ1v) is 7.58. The van der Waals surface area contributed by atoms with Gasteiger partial charge in [0.1, 0.15) is 5.82 Å². The van der Waals surface area contributed by atoms with Gasteiger partial charge in [0.2, 0.25) is 3.79 Å². The van der Waals surface area contributed by atoms with Crippen molar-refractivity contribution in [1.29, 1.82) is 0 Å². The molecule has 1 N–H and O–H groups in total. The van der Waals surface area contributed by atoms with Gasteiger partial charge in [-0.15, -0.1) is 0 Å². The van der Waals surface area contributed by atoms with E-state index in [9.17, 15) is 14.0 Å². The second-order valence-corrected chi connectivity index (χ2v) is 5.79. The highest BCUT2D eigenvalue weighted by molar-refractivity contribution is 14.1. The molecule has 0 aliphatic heterocycles. The van der Waals surface area contributed by atoms with Gasteiger partial charge in [-0.2, -0.15) is 5.10 Å². The highest BCUT2D eigenvalue weighted by Crippen LogP contribution is 2.19. The molecule has 0 atom stereocenters. The molecule has 0 fully saturated rings. The van der Waals surface area contributed by atoms with Crippen LogP contribution in [0.1, 0.15) is 21.6 Å². The van der Waals surface area contributed by atoms with Crippen LogP contribution in [0.3, 0.4) is 0 Å². The number of aromatic amines is 1. The summed E-state index contributed by atoms with van der Waals surface area (Å²) in [6.45, 7) is 0. The number of hydrogen-bond acceptors (Lipinski definition) is 3. The van der Waals surface area contributed by atoms with Crippen molar-refractivity contribution >= 4 is 37.2 Å². The molecule has 0 aliphatic carbocycles. The molecule has 0 spiro atoms. The molecule has 1 aromatic heterocycles. The number of carbonyl (C=O) groups excluding carboxylic acids is 1. The second-order valence-electron chi connectivity index (χ2n) is 4.81. The molecule has 3 aromatic rings. The number of hydrogen-bond donors (Lipinski definition) is 1.